The summed E-state index contributed by atoms with van der Waals surface area (Å²) in [6.45, 7) is 0. The zero-order chi connectivity index (χ0) is 25.8. The highest BCUT2D eigenvalue weighted by Gasteiger charge is 2.18. The third kappa shape index (κ3) is 6.19. The maximum atomic E-state index is 12.0. The lowest BCUT2D eigenvalue weighted by Gasteiger charge is -2.10. The van der Waals surface area contributed by atoms with Gasteiger partial charge in [0.2, 0.25) is 11.9 Å². The van der Waals surface area contributed by atoms with Crippen molar-refractivity contribution in [1.29, 1.82) is 0 Å². The average Bonchev–Trinajstić information content (AvgIpc) is 2.84. The zero-order valence-corrected chi connectivity index (χ0v) is 19.6. The van der Waals surface area contributed by atoms with E-state index in [0.717, 1.165) is 12.1 Å². The van der Waals surface area contributed by atoms with Crippen LogP contribution in [0.25, 0.3) is 12.2 Å². The number of nitrogens with one attached hydrogen (secondary N) is 2. The van der Waals surface area contributed by atoms with E-state index in [4.69, 9.17) is 0 Å². The van der Waals surface area contributed by atoms with Crippen LogP contribution in [0.4, 0.5) is 23.3 Å². The molecule has 0 aliphatic rings. The van der Waals surface area contributed by atoms with Gasteiger partial charge in [0.05, 0.1) is 0 Å². The Morgan fingerprint density at radius 3 is 1.31 bits per heavy atom. The maximum Gasteiger partial charge on any atom is 0.295 e. The average molecular weight is 529 g/mol. The van der Waals surface area contributed by atoms with Crippen molar-refractivity contribution in [3.63, 3.8) is 0 Å². The van der Waals surface area contributed by atoms with Crippen molar-refractivity contribution in [2.45, 2.75) is 9.79 Å². The molecule has 36 heavy (non-hydrogen) atoms. The fraction of sp³-hybridized carbons (Fsp3) is 0. The van der Waals surface area contributed by atoms with Crippen LogP contribution in [-0.4, -0.2) is 55.8 Å². The molecule has 4 N–H and O–H groups in total. The molecule has 0 unspecified atom stereocenters. The quantitative estimate of drug-likeness (QED) is 0.191. The van der Waals surface area contributed by atoms with Crippen LogP contribution in [0, 0.1) is 0 Å². The highest BCUT2D eigenvalue weighted by molar-refractivity contribution is 7.86. The fourth-order valence-electron chi connectivity index (χ4n) is 2.99. The first-order chi connectivity index (χ1) is 17.1. The van der Waals surface area contributed by atoms with E-state index in [1.165, 1.54) is 61.7 Å². The molecule has 2 heterocycles. The number of anilines is 4. The Bertz CT molecular complexity index is 1510. The molecule has 4 rings (SSSR count). The lowest BCUT2D eigenvalue weighted by Crippen LogP contribution is -2.04. The minimum Gasteiger partial charge on any atom is -0.324 e. The summed E-state index contributed by atoms with van der Waals surface area (Å²) in [7, 11) is -9.35. The third-order valence-electron chi connectivity index (χ3n) is 4.52. The van der Waals surface area contributed by atoms with Crippen LogP contribution < -0.4 is 10.6 Å². The number of hydrogen-bond donors (Lipinski definition) is 4. The van der Waals surface area contributed by atoms with E-state index < -0.39 is 30.0 Å². The van der Waals surface area contributed by atoms with Crippen molar-refractivity contribution in [2.24, 2.45) is 0 Å². The molecule has 0 bridgehead atoms. The highest BCUT2D eigenvalue weighted by Crippen LogP contribution is 2.27. The Kier molecular flexibility index (Phi) is 6.93. The summed E-state index contributed by atoms with van der Waals surface area (Å²) < 4.78 is 67.5. The van der Waals surface area contributed by atoms with Gasteiger partial charge in [0.15, 0.2) is 0 Å². The topological polar surface area (TPSA) is 210 Å². The second-order valence-corrected chi connectivity index (χ2v) is 9.74. The summed E-state index contributed by atoms with van der Waals surface area (Å²) in [5.74, 6) is 0.302. The Morgan fingerprint density at radius 2 is 0.972 bits per heavy atom. The summed E-state index contributed by atoms with van der Waals surface area (Å²) in [4.78, 5) is 21.9. The molecular weight excluding hydrogens is 512 g/mol. The van der Waals surface area contributed by atoms with E-state index in [-0.39, 0.29) is 34.4 Å². The lowest BCUT2D eigenvalue weighted by atomic mass is 10.1. The summed E-state index contributed by atoms with van der Waals surface area (Å²) in [5, 5.41) is 5.55. The lowest BCUT2D eigenvalue weighted by molar-refractivity contribution is 0.480. The van der Waals surface area contributed by atoms with Crippen molar-refractivity contribution in [2.75, 3.05) is 10.6 Å². The Hall–Kier alpha value is -4.38. The SMILES string of the molecule is O=S(=O)(O)c1cc(Nc2ncncn2)ccc1C=Cc1ccc(Nc2ncncn2)cc1S(=O)(=O)O. The smallest absolute Gasteiger partial charge is 0.295 e. The van der Waals surface area contributed by atoms with Crippen LogP contribution in [-0.2, 0) is 20.2 Å². The van der Waals surface area contributed by atoms with Gasteiger partial charge in [0, 0.05) is 11.4 Å². The van der Waals surface area contributed by atoms with Gasteiger partial charge in [-0.3, -0.25) is 9.11 Å². The number of nitrogens with zero attached hydrogens (tertiary/aromatic N) is 6. The molecule has 4 aromatic rings. The molecular formula is C20H16N8O6S2. The molecule has 0 spiro atoms. The van der Waals surface area contributed by atoms with Crippen molar-refractivity contribution >= 4 is 55.7 Å². The summed E-state index contributed by atoms with van der Waals surface area (Å²) in [5.41, 5.74) is 0.622. The molecule has 16 heteroatoms. The summed E-state index contributed by atoms with van der Waals surface area (Å²) in [6, 6.07) is 8.08. The minimum absolute atomic E-state index is 0.0485. The molecule has 184 valence electrons. The van der Waals surface area contributed by atoms with E-state index in [0.29, 0.717) is 0 Å². The first-order valence-electron chi connectivity index (χ1n) is 9.79. The summed E-state index contributed by atoms with van der Waals surface area (Å²) >= 11 is 0. The van der Waals surface area contributed by atoms with E-state index >= 15 is 0 Å². The second-order valence-electron chi connectivity index (χ2n) is 6.96. The van der Waals surface area contributed by atoms with Gasteiger partial charge in [0.1, 0.15) is 35.1 Å². The molecule has 2 aromatic carbocycles. The molecule has 0 saturated heterocycles. The monoisotopic (exact) mass is 528 g/mol. The van der Waals surface area contributed by atoms with E-state index in [9.17, 15) is 25.9 Å². The number of rotatable bonds is 8. The zero-order valence-electron chi connectivity index (χ0n) is 18.0. The fourth-order valence-corrected chi connectivity index (χ4v) is 4.41. The van der Waals surface area contributed by atoms with Crippen LogP contribution in [0.5, 0.6) is 0 Å². The van der Waals surface area contributed by atoms with Gasteiger partial charge in [-0.05, 0) is 35.4 Å². The predicted molar refractivity (Wildman–Crippen MR) is 128 cm³/mol. The molecule has 0 aliphatic heterocycles. The molecule has 0 atom stereocenters. The van der Waals surface area contributed by atoms with E-state index in [2.05, 4.69) is 40.5 Å². The number of benzene rings is 2. The van der Waals surface area contributed by atoms with Crippen molar-refractivity contribution in [3.8, 4) is 0 Å². The molecule has 14 nitrogen and oxygen atoms in total. The minimum atomic E-state index is -4.67. The van der Waals surface area contributed by atoms with Crippen LogP contribution >= 0.6 is 0 Å². The van der Waals surface area contributed by atoms with E-state index in [1.54, 1.807) is 0 Å². The van der Waals surface area contributed by atoms with Crippen LogP contribution in [0.2, 0.25) is 0 Å². The molecule has 0 amide bonds. The van der Waals surface area contributed by atoms with Crippen molar-refractivity contribution in [1.82, 2.24) is 29.9 Å². The number of aromatic nitrogens is 6. The number of hydrogen-bond acceptors (Lipinski definition) is 12. The molecule has 2 aromatic heterocycles. The van der Waals surface area contributed by atoms with Gasteiger partial charge in [0.25, 0.3) is 20.2 Å². The van der Waals surface area contributed by atoms with Crippen LogP contribution in [0.15, 0.2) is 71.5 Å². The largest absolute Gasteiger partial charge is 0.324 e. The van der Waals surface area contributed by atoms with Crippen LogP contribution in [0.1, 0.15) is 11.1 Å². The van der Waals surface area contributed by atoms with Gasteiger partial charge in [-0.15, -0.1) is 0 Å². The highest BCUT2D eigenvalue weighted by atomic mass is 32.2. The molecule has 0 aliphatic carbocycles. The van der Waals surface area contributed by atoms with Gasteiger partial charge < -0.3 is 10.6 Å². The van der Waals surface area contributed by atoms with Gasteiger partial charge in [-0.25, -0.2) is 29.9 Å². The first-order valence-corrected chi connectivity index (χ1v) is 12.7. The van der Waals surface area contributed by atoms with Gasteiger partial charge >= 0.3 is 0 Å². The van der Waals surface area contributed by atoms with Crippen molar-refractivity contribution < 1.29 is 25.9 Å². The maximum absolute atomic E-state index is 12.0. The molecule has 0 saturated carbocycles. The van der Waals surface area contributed by atoms with Crippen LogP contribution in [0.3, 0.4) is 0 Å². The second kappa shape index (κ2) is 10.1. The molecule has 0 fully saturated rings. The Morgan fingerprint density at radius 1 is 0.611 bits per heavy atom. The Labute approximate surface area is 204 Å². The van der Waals surface area contributed by atoms with Gasteiger partial charge in [-0.1, -0.05) is 24.3 Å². The standard InChI is InChI=1S/C20H16N8O6S2/c29-35(30,31)17-7-15(27-19-23-9-21-10-24-19)5-3-13(17)1-2-14-4-6-16(8-18(14)36(32,33)34)28-20-25-11-22-12-26-20/h1-12H,(H,29,30,31)(H,32,33,34)(H,21,23,24,27)(H,22,25,26,28). The first kappa shape index (κ1) is 24.7. The third-order valence-corrected chi connectivity index (χ3v) is 6.34. The van der Waals surface area contributed by atoms with E-state index in [1.807, 2.05) is 0 Å². The van der Waals surface area contributed by atoms with Crippen molar-refractivity contribution in [3.05, 3.63) is 72.8 Å². The molecule has 0 radical (unpaired) electrons. The predicted octanol–water partition coefficient (Wildman–Crippen LogP) is 2.21. The van der Waals surface area contributed by atoms with Gasteiger partial charge in [-0.2, -0.15) is 16.8 Å². The summed E-state index contributed by atoms with van der Waals surface area (Å²) in [6.07, 6.45) is 7.53. The normalized spacial score (nSPS) is 11.9. The Balaban J connectivity index is 1.68.